The zero-order chi connectivity index (χ0) is 30.6. The van der Waals surface area contributed by atoms with Crippen molar-refractivity contribution >= 4 is 29.8 Å². The van der Waals surface area contributed by atoms with E-state index in [9.17, 15) is 23.6 Å². The lowest BCUT2D eigenvalue weighted by Crippen LogP contribution is -2.60. The molecule has 4 fully saturated rings. The molecule has 42 heavy (non-hydrogen) atoms. The van der Waals surface area contributed by atoms with E-state index in [0.717, 1.165) is 5.56 Å². The summed E-state index contributed by atoms with van der Waals surface area (Å²) in [7, 11) is 1.64. The van der Waals surface area contributed by atoms with E-state index in [1.165, 1.54) is 12.1 Å². The molecule has 8 unspecified atom stereocenters. The minimum atomic E-state index is -0.814. The van der Waals surface area contributed by atoms with Gasteiger partial charge in [-0.1, -0.05) is 46.8 Å². The summed E-state index contributed by atoms with van der Waals surface area (Å²) >= 11 is 0. The Balaban J connectivity index is 1.30. The Morgan fingerprint density at radius 1 is 1.17 bits per heavy atom. The highest BCUT2D eigenvalue weighted by atomic mass is 19.1. The van der Waals surface area contributed by atoms with Gasteiger partial charge in [0.25, 0.3) is 0 Å². The number of carbonyl (C=O) groups excluding carboxylic acids is 4. The highest BCUT2D eigenvalue weighted by molar-refractivity contribution is 5.95. The van der Waals surface area contributed by atoms with Gasteiger partial charge in [0, 0.05) is 38.2 Å². The van der Waals surface area contributed by atoms with Crippen LogP contribution in [0.3, 0.4) is 0 Å². The summed E-state index contributed by atoms with van der Waals surface area (Å²) in [5.74, 6) is -1.30. The standard InChI is InChI=1S/C32H44FN5O4/c1-31(2,3)26(37-28(40)22-14-21(22)17-7-9-19(33)10-8-17)30(42)38-16-23-24(32(23,4)5)25(38)29(41)36-20(15-34-6)13-18-11-12-35-27(18)39/h7-10,15,18,20-26H,11-14,16H2,1-6H3,(H,35,39)(H,36,41)(H,37,40)/b34-15+. The van der Waals surface area contributed by atoms with Gasteiger partial charge in [0.2, 0.25) is 23.6 Å². The van der Waals surface area contributed by atoms with Crippen molar-refractivity contribution in [1.29, 1.82) is 0 Å². The quantitative estimate of drug-likeness (QED) is 0.389. The van der Waals surface area contributed by atoms with Crippen molar-refractivity contribution < 1.29 is 23.6 Å². The molecule has 3 N–H and O–H groups in total. The summed E-state index contributed by atoms with van der Waals surface area (Å²) in [5, 5.41) is 8.96. The van der Waals surface area contributed by atoms with Crippen molar-refractivity contribution in [3.05, 3.63) is 35.6 Å². The number of hydrogen-bond acceptors (Lipinski definition) is 5. The van der Waals surface area contributed by atoms with E-state index in [0.29, 0.717) is 32.4 Å². The number of hydrogen-bond donors (Lipinski definition) is 3. The Bertz CT molecular complexity index is 1270. The van der Waals surface area contributed by atoms with Crippen LogP contribution in [0.2, 0.25) is 0 Å². The third-order valence-electron chi connectivity index (χ3n) is 9.94. The van der Waals surface area contributed by atoms with Gasteiger partial charge >= 0.3 is 0 Å². The normalized spacial score (nSPS) is 30.8. The van der Waals surface area contributed by atoms with Crippen molar-refractivity contribution in [3.8, 4) is 0 Å². The van der Waals surface area contributed by atoms with Crippen LogP contribution in [0.4, 0.5) is 4.39 Å². The molecule has 2 saturated carbocycles. The van der Waals surface area contributed by atoms with Crippen LogP contribution in [-0.4, -0.2) is 73.0 Å². The molecule has 10 heteroatoms. The van der Waals surface area contributed by atoms with Gasteiger partial charge in [-0.2, -0.15) is 0 Å². The molecular weight excluding hydrogens is 537 g/mol. The molecular formula is C32H44FN5O4. The van der Waals surface area contributed by atoms with Crippen LogP contribution in [0.1, 0.15) is 65.4 Å². The Hall–Kier alpha value is -3.30. The molecule has 4 aliphatic rings. The summed E-state index contributed by atoms with van der Waals surface area (Å²) in [5.41, 5.74) is 0.243. The predicted molar refractivity (Wildman–Crippen MR) is 157 cm³/mol. The van der Waals surface area contributed by atoms with Crippen molar-refractivity contribution in [2.24, 2.45) is 39.5 Å². The topological polar surface area (TPSA) is 120 Å². The predicted octanol–water partition coefficient (Wildman–Crippen LogP) is 2.65. The molecule has 2 aliphatic heterocycles. The number of carbonyl (C=O) groups is 4. The summed E-state index contributed by atoms with van der Waals surface area (Å²) in [6.07, 6.45) is 3.47. The van der Waals surface area contributed by atoms with Crippen molar-refractivity contribution in [2.45, 2.75) is 77.9 Å². The molecule has 4 amide bonds. The van der Waals surface area contributed by atoms with E-state index in [1.807, 2.05) is 20.8 Å². The molecule has 8 atom stereocenters. The Labute approximate surface area is 247 Å². The fraction of sp³-hybridized carbons (Fsp3) is 0.656. The first-order chi connectivity index (χ1) is 19.7. The fourth-order valence-electron chi connectivity index (χ4n) is 7.22. The van der Waals surface area contributed by atoms with E-state index in [1.54, 1.807) is 30.3 Å². The number of benzene rings is 1. The van der Waals surface area contributed by atoms with Crippen molar-refractivity contribution in [1.82, 2.24) is 20.9 Å². The van der Waals surface area contributed by atoms with Crippen LogP contribution >= 0.6 is 0 Å². The van der Waals surface area contributed by atoms with Gasteiger partial charge in [-0.25, -0.2) is 4.39 Å². The molecule has 1 aromatic carbocycles. The molecule has 9 nitrogen and oxygen atoms in total. The molecule has 228 valence electrons. The molecule has 2 aliphatic carbocycles. The van der Waals surface area contributed by atoms with Gasteiger partial charge in [0.1, 0.15) is 17.9 Å². The number of fused-ring (bicyclic) bond motifs is 1. The number of nitrogens with zero attached hydrogens (tertiary/aromatic N) is 2. The summed E-state index contributed by atoms with van der Waals surface area (Å²) in [6.45, 7) is 11.1. The first-order valence-electron chi connectivity index (χ1n) is 15.1. The Morgan fingerprint density at radius 2 is 1.86 bits per heavy atom. The van der Waals surface area contributed by atoms with Crippen LogP contribution in [0.15, 0.2) is 29.3 Å². The highest BCUT2D eigenvalue weighted by Gasteiger charge is 2.70. The number of aliphatic imine (C=N–C) groups is 1. The average Bonchev–Trinajstić information content (AvgIpc) is 3.66. The average molecular weight is 582 g/mol. The number of amides is 4. The molecule has 0 bridgehead atoms. The van der Waals surface area contributed by atoms with Gasteiger partial charge in [0.05, 0.1) is 6.04 Å². The third kappa shape index (κ3) is 5.81. The largest absolute Gasteiger partial charge is 0.356 e. The molecule has 2 heterocycles. The number of nitrogens with one attached hydrogen (secondary N) is 3. The van der Waals surface area contributed by atoms with Crippen LogP contribution in [0.25, 0.3) is 0 Å². The maximum absolute atomic E-state index is 14.2. The van der Waals surface area contributed by atoms with Crippen molar-refractivity contribution in [2.75, 3.05) is 20.1 Å². The number of likely N-dealkylation sites (tertiary alicyclic amines) is 1. The van der Waals surface area contributed by atoms with Crippen molar-refractivity contribution in [3.63, 3.8) is 0 Å². The van der Waals surface area contributed by atoms with Gasteiger partial charge in [-0.3, -0.25) is 24.2 Å². The van der Waals surface area contributed by atoms with E-state index < -0.39 is 23.5 Å². The first kappa shape index (κ1) is 30.2. The summed E-state index contributed by atoms with van der Waals surface area (Å²) < 4.78 is 13.4. The number of rotatable bonds is 9. The lowest BCUT2D eigenvalue weighted by molar-refractivity contribution is -0.145. The molecule has 1 aromatic rings. The fourth-order valence-corrected chi connectivity index (χ4v) is 7.22. The van der Waals surface area contributed by atoms with Crippen LogP contribution in [0, 0.1) is 40.3 Å². The van der Waals surface area contributed by atoms with E-state index in [2.05, 4.69) is 34.8 Å². The lowest BCUT2D eigenvalue weighted by atomic mass is 9.85. The molecule has 0 radical (unpaired) electrons. The van der Waals surface area contributed by atoms with Crippen LogP contribution in [-0.2, 0) is 19.2 Å². The Morgan fingerprint density at radius 3 is 2.45 bits per heavy atom. The smallest absolute Gasteiger partial charge is 0.246 e. The highest BCUT2D eigenvalue weighted by Crippen LogP contribution is 2.65. The minimum Gasteiger partial charge on any atom is -0.356 e. The maximum Gasteiger partial charge on any atom is 0.246 e. The van der Waals surface area contributed by atoms with Crippen LogP contribution < -0.4 is 16.0 Å². The molecule has 0 aromatic heterocycles. The number of piperidine rings is 1. The molecule has 0 spiro atoms. The monoisotopic (exact) mass is 581 g/mol. The van der Waals surface area contributed by atoms with E-state index in [-0.39, 0.29) is 64.5 Å². The van der Waals surface area contributed by atoms with E-state index in [4.69, 9.17) is 0 Å². The van der Waals surface area contributed by atoms with Gasteiger partial charge < -0.3 is 20.9 Å². The Kier molecular flexibility index (Phi) is 7.96. The zero-order valence-corrected chi connectivity index (χ0v) is 25.4. The lowest BCUT2D eigenvalue weighted by Gasteiger charge is -2.38. The van der Waals surface area contributed by atoms with E-state index >= 15 is 0 Å². The second-order valence-electron chi connectivity index (χ2n) is 14.2. The first-order valence-corrected chi connectivity index (χ1v) is 15.1. The van der Waals surface area contributed by atoms with Gasteiger partial charge in [0.15, 0.2) is 0 Å². The second kappa shape index (κ2) is 11.1. The second-order valence-corrected chi connectivity index (χ2v) is 14.2. The number of halogens is 1. The van der Waals surface area contributed by atoms with Gasteiger partial charge in [-0.15, -0.1) is 0 Å². The summed E-state index contributed by atoms with van der Waals surface area (Å²) in [6, 6.07) is 4.30. The molecule has 5 rings (SSSR count). The van der Waals surface area contributed by atoms with Gasteiger partial charge in [-0.05, 0) is 65.5 Å². The SMILES string of the molecule is C/N=C/C(CC1CCNC1=O)NC(=O)C1C2C(CN1C(=O)C(NC(=O)C1CC1c1ccc(F)cc1)C(C)(C)C)C2(C)C. The van der Waals surface area contributed by atoms with Crippen LogP contribution in [0.5, 0.6) is 0 Å². The summed E-state index contributed by atoms with van der Waals surface area (Å²) in [4.78, 5) is 59.4. The maximum atomic E-state index is 14.2. The molecule has 2 saturated heterocycles. The minimum absolute atomic E-state index is 0.000751. The zero-order valence-electron chi connectivity index (χ0n) is 25.4. The third-order valence-corrected chi connectivity index (χ3v) is 9.94.